The molecule has 0 radical (unpaired) electrons. The molecule has 2 aromatic heterocycles. The van der Waals surface area contributed by atoms with Crippen LogP contribution in [-0.4, -0.2) is 30.6 Å². The van der Waals surface area contributed by atoms with Crippen LogP contribution in [0.3, 0.4) is 0 Å². The largest absolute Gasteiger partial charge is 0.308 e. The second kappa shape index (κ2) is 8.01. The third-order valence-corrected chi connectivity index (χ3v) is 5.46. The van der Waals surface area contributed by atoms with Crippen LogP contribution in [0.15, 0.2) is 73.2 Å². The van der Waals surface area contributed by atoms with Gasteiger partial charge >= 0.3 is 0 Å². The number of aromatic nitrogens is 5. The van der Waals surface area contributed by atoms with Gasteiger partial charge in [-0.1, -0.05) is 60.7 Å². The lowest BCUT2D eigenvalue weighted by molar-refractivity contribution is 0.358. The van der Waals surface area contributed by atoms with Crippen molar-refractivity contribution >= 4 is 0 Å². The molecule has 1 unspecified atom stereocenters. The number of rotatable bonds is 6. The molecule has 1 atom stereocenters. The van der Waals surface area contributed by atoms with Crippen molar-refractivity contribution in [2.24, 2.45) is 0 Å². The molecular formula is C23H24N6. The van der Waals surface area contributed by atoms with Crippen LogP contribution in [0.2, 0.25) is 0 Å². The van der Waals surface area contributed by atoms with E-state index in [0.717, 1.165) is 49.6 Å². The van der Waals surface area contributed by atoms with E-state index in [2.05, 4.69) is 70.1 Å². The Hall–Kier alpha value is -3.25. The summed E-state index contributed by atoms with van der Waals surface area (Å²) in [7, 11) is 0. The fourth-order valence-corrected chi connectivity index (χ4v) is 3.94. The molecule has 0 aliphatic carbocycles. The average Bonchev–Trinajstić information content (AvgIpc) is 3.40. The lowest BCUT2D eigenvalue weighted by Crippen LogP contribution is -2.37. The van der Waals surface area contributed by atoms with Crippen molar-refractivity contribution in [1.29, 1.82) is 0 Å². The van der Waals surface area contributed by atoms with Gasteiger partial charge in [0.25, 0.3) is 0 Å². The van der Waals surface area contributed by atoms with E-state index in [1.807, 2.05) is 21.5 Å². The third-order valence-electron chi connectivity index (χ3n) is 5.46. The van der Waals surface area contributed by atoms with Crippen LogP contribution < -0.4 is 5.32 Å². The minimum atomic E-state index is 0.394. The monoisotopic (exact) mass is 384 g/mol. The smallest absolute Gasteiger partial charge is 0.138 e. The van der Waals surface area contributed by atoms with Crippen LogP contribution in [-0.2, 0) is 26.1 Å². The van der Waals surface area contributed by atoms with Crippen molar-refractivity contribution in [1.82, 2.24) is 29.9 Å². The number of hydrogen-bond acceptors (Lipinski definition) is 4. The molecule has 4 aromatic rings. The Labute approximate surface area is 170 Å². The Morgan fingerprint density at radius 1 is 1.00 bits per heavy atom. The first-order valence-corrected chi connectivity index (χ1v) is 10.1. The Bertz CT molecular complexity index is 1070. The van der Waals surface area contributed by atoms with Crippen molar-refractivity contribution < 1.29 is 0 Å². The molecule has 6 heteroatoms. The molecular weight excluding hydrogens is 360 g/mol. The van der Waals surface area contributed by atoms with Crippen LogP contribution in [0, 0.1) is 0 Å². The number of aryl methyl sites for hydroxylation is 1. The van der Waals surface area contributed by atoms with Crippen molar-refractivity contribution in [2.75, 3.05) is 0 Å². The fraction of sp³-hybridized carbons (Fsp3) is 0.261. The van der Waals surface area contributed by atoms with E-state index in [-0.39, 0.29) is 0 Å². The van der Waals surface area contributed by atoms with E-state index in [1.165, 1.54) is 11.1 Å². The molecule has 0 spiro atoms. The highest BCUT2D eigenvalue weighted by atomic mass is 15.3. The quantitative estimate of drug-likeness (QED) is 0.554. The molecule has 1 aliphatic rings. The Balaban J connectivity index is 1.36. The zero-order chi connectivity index (χ0) is 19.5. The van der Waals surface area contributed by atoms with Crippen LogP contribution in [0.5, 0.6) is 0 Å². The molecule has 1 N–H and O–H groups in total. The molecule has 0 amide bonds. The summed E-state index contributed by atoms with van der Waals surface area (Å²) >= 11 is 0. The molecule has 146 valence electrons. The summed E-state index contributed by atoms with van der Waals surface area (Å²) in [5, 5.41) is 13.0. The van der Waals surface area contributed by atoms with Gasteiger partial charge in [-0.3, -0.25) is 4.68 Å². The molecule has 29 heavy (non-hydrogen) atoms. The zero-order valence-corrected chi connectivity index (χ0v) is 16.3. The van der Waals surface area contributed by atoms with E-state index < -0.39 is 0 Å². The molecule has 3 heterocycles. The van der Waals surface area contributed by atoms with Gasteiger partial charge in [0.2, 0.25) is 0 Å². The highest BCUT2D eigenvalue weighted by Crippen LogP contribution is 2.23. The average molecular weight is 384 g/mol. The highest BCUT2D eigenvalue weighted by molar-refractivity contribution is 5.62. The molecule has 5 rings (SSSR count). The van der Waals surface area contributed by atoms with E-state index in [0.29, 0.717) is 6.04 Å². The molecule has 0 saturated heterocycles. The van der Waals surface area contributed by atoms with Gasteiger partial charge in [-0.2, -0.15) is 10.2 Å². The highest BCUT2D eigenvalue weighted by Gasteiger charge is 2.20. The lowest BCUT2D eigenvalue weighted by Gasteiger charge is -2.23. The van der Waals surface area contributed by atoms with Gasteiger partial charge in [0.1, 0.15) is 12.2 Å². The SMILES string of the molecule is c1ccc(Cn2cc(CNC3CCc4ncnn4C3)c(-c3ccccc3)n2)cc1. The fourth-order valence-electron chi connectivity index (χ4n) is 3.94. The maximum atomic E-state index is 4.92. The van der Waals surface area contributed by atoms with Gasteiger partial charge in [-0.05, 0) is 12.0 Å². The van der Waals surface area contributed by atoms with Gasteiger partial charge in [0.05, 0.1) is 18.8 Å². The maximum Gasteiger partial charge on any atom is 0.138 e. The number of benzene rings is 2. The second-order valence-corrected chi connectivity index (χ2v) is 7.53. The summed E-state index contributed by atoms with van der Waals surface area (Å²) in [6.07, 6.45) is 5.87. The van der Waals surface area contributed by atoms with Crippen molar-refractivity contribution in [2.45, 2.75) is 38.5 Å². The third kappa shape index (κ3) is 3.98. The first-order valence-electron chi connectivity index (χ1n) is 10.1. The van der Waals surface area contributed by atoms with Crippen molar-refractivity contribution in [3.63, 3.8) is 0 Å². The van der Waals surface area contributed by atoms with Crippen LogP contribution in [0.25, 0.3) is 11.3 Å². The summed E-state index contributed by atoms with van der Waals surface area (Å²) in [6, 6.07) is 21.3. The van der Waals surface area contributed by atoms with Gasteiger partial charge in [-0.25, -0.2) is 9.67 Å². The topological polar surface area (TPSA) is 60.6 Å². The number of fused-ring (bicyclic) bond motifs is 1. The number of nitrogens with one attached hydrogen (secondary N) is 1. The first kappa shape index (κ1) is 17.8. The summed E-state index contributed by atoms with van der Waals surface area (Å²) in [5.74, 6) is 1.09. The molecule has 1 aliphatic heterocycles. The molecule has 0 fully saturated rings. The summed E-state index contributed by atoms with van der Waals surface area (Å²) in [4.78, 5) is 4.32. The minimum Gasteiger partial charge on any atom is -0.308 e. The van der Waals surface area contributed by atoms with Crippen molar-refractivity contribution in [3.8, 4) is 11.3 Å². The van der Waals surface area contributed by atoms with E-state index in [1.54, 1.807) is 6.33 Å². The first-order chi connectivity index (χ1) is 14.3. The maximum absolute atomic E-state index is 4.92. The summed E-state index contributed by atoms with van der Waals surface area (Å²) in [6.45, 7) is 2.42. The standard InChI is InChI=1S/C23H24N6/c1-3-7-18(8-4-1)14-28-15-20(23(27-28)19-9-5-2-6-10-19)13-24-21-11-12-22-25-17-26-29(22)16-21/h1-10,15,17,21,24H,11-14,16H2. The van der Waals surface area contributed by atoms with Crippen LogP contribution in [0.1, 0.15) is 23.4 Å². The molecule has 0 bridgehead atoms. The lowest BCUT2D eigenvalue weighted by atomic mass is 10.1. The normalized spacial score (nSPS) is 15.9. The summed E-state index contributed by atoms with van der Waals surface area (Å²) < 4.78 is 4.06. The minimum absolute atomic E-state index is 0.394. The Morgan fingerprint density at radius 3 is 2.62 bits per heavy atom. The van der Waals surface area contributed by atoms with Crippen LogP contribution >= 0.6 is 0 Å². The summed E-state index contributed by atoms with van der Waals surface area (Å²) in [5.41, 5.74) is 4.67. The van der Waals surface area contributed by atoms with Gasteiger partial charge in [0, 0.05) is 36.3 Å². The molecule has 6 nitrogen and oxygen atoms in total. The van der Waals surface area contributed by atoms with Crippen molar-refractivity contribution in [3.05, 3.63) is 90.1 Å². The van der Waals surface area contributed by atoms with Crippen LogP contribution in [0.4, 0.5) is 0 Å². The van der Waals surface area contributed by atoms with E-state index >= 15 is 0 Å². The van der Waals surface area contributed by atoms with Gasteiger partial charge < -0.3 is 5.32 Å². The molecule has 2 aromatic carbocycles. The van der Waals surface area contributed by atoms with Gasteiger partial charge in [0.15, 0.2) is 0 Å². The Kier molecular flexibility index (Phi) is 4.92. The van der Waals surface area contributed by atoms with Gasteiger partial charge in [-0.15, -0.1) is 0 Å². The Morgan fingerprint density at radius 2 is 1.79 bits per heavy atom. The number of nitrogens with zero attached hydrogens (tertiary/aromatic N) is 5. The molecule has 0 saturated carbocycles. The predicted octanol–water partition coefficient (Wildman–Crippen LogP) is 3.29. The number of hydrogen-bond donors (Lipinski definition) is 1. The second-order valence-electron chi connectivity index (χ2n) is 7.53. The van der Waals surface area contributed by atoms with E-state index in [9.17, 15) is 0 Å². The van der Waals surface area contributed by atoms with E-state index in [4.69, 9.17) is 5.10 Å². The predicted molar refractivity (Wildman–Crippen MR) is 112 cm³/mol. The zero-order valence-electron chi connectivity index (χ0n) is 16.3.